The summed E-state index contributed by atoms with van der Waals surface area (Å²) in [6.45, 7) is 1.89. The minimum Gasteiger partial charge on any atom is -0.300 e. The van der Waals surface area contributed by atoms with Crippen LogP contribution in [-0.4, -0.2) is 38.5 Å². The number of hydrogen-bond acceptors (Lipinski definition) is 3. The third-order valence-electron chi connectivity index (χ3n) is 4.15. The summed E-state index contributed by atoms with van der Waals surface area (Å²) in [5.74, 6) is 0. The predicted molar refractivity (Wildman–Crippen MR) is 92.1 cm³/mol. The first-order valence-corrected chi connectivity index (χ1v) is 10.3. The third-order valence-corrected chi connectivity index (χ3v) is 7.05. The van der Waals surface area contributed by atoms with Gasteiger partial charge < -0.3 is 4.90 Å². The zero-order valence-electron chi connectivity index (χ0n) is 11.9. The van der Waals surface area contributed by atoms with Crippen molar-refractivity contribution in [3.05, 3.63) is 26.7 Å². The quantitative estimate of drug-likeness (QED) is 0.797. The lowest BCUT2D eigenvalue weighted by Crippen LogP contribution is -2.45. The largest absolute Gasteiger partial charge is 0.300 e. The standard InChI is InChI=1S/C14H17BrCl2N2O2S/c15-9-7-12(16)14(13(17)8-9)22(20,21)18-10-3-5-19(6-4-10)11-1-2-11/h7-8,10-11,18H,1-6H2. The van der Waals surface area contributed by atoms with Crippen molar-refractivity contribution in [1.82, 2.24) is 9.62 Å². The number of rotatable bonds is 4. The highest BCUT2D eigenvalue weighted by molar-refractivity contribution is 9.10. The van der Waals surface area contributed by atoms with Gasteiger partial charge in [-0.25, -0.2) is 13.1 Å². The van der Waals surface area contributed by atoms with Crippen LogP contribution in [0.3, 0.4) is 0 Å². The maximum atomic E-state index is 12.6. The van der Waals surface area contributed by atoms with Gasteiger partial charge in [0.05, 0.1) is 10.0 Å². The maximum Gasteiger partial charge on any atom is 0.243 e. The SMILES string of the molecule is O=S(=O)(NC1CCN(C2CC2)CC1)c1c(Cl)cc(Br)cc1Cl. The van der Waals surface area contributed by atoms with E-state index in [4.69, 9.17) is 23.2 Å². The van der Waals surface area contributed by atoms with Crippen LogP contribution in [0, 0.1) is 0 Å². The van der Waals surface area contributed by atoms with Crippen LogP contribution in [0.5, 0.6) is 0 Å². The summed E-state index contributed by atoms with van der Waals surface area (Å²) in [6, 6.07) is 3.75. The summed E-state index contributed by atoms with van der Waals surface area (Å²) >= 11 is 15.4. The number of halogens is 3. The second-order valence-electron chi connectivity index (χ2n) is 5.86. The van der Waals surface area contributed by atoms with E-state index >= 15 is 0 Å². The normalized spacial score (nSPS) is 21.2. The molecule has 22 heavy (non-hydrogen) atoms. The minimum absolute atomic E-state index is 0.0383. The van der Waals surface area contributed by atoms with Gasteiger partial charge in [-0.1, -0.05) is 39.1 Å². The van der Waals surface area contributed by atoms with E-state index < -0.39 is 10.0 Å². The number of nitrogens with one attached hydrogen (secondary N) is 1. The van der Waals surface area contributed by atoms with Crippen LogP contribution in [0.4, 0.5) is 0 Å². The number of nitrogens with zero attached hydrogens (tertiary/aromatic N) is 1. The zero-order valence-corrected chi connectivity index (χ0v) is 15.8. The molecule has 1 heterocycles. The summed E-state index contributed by atoms with van der Waals surface area (Å²) in [4.78, 5) is 2.41. The molecule has 0 aromatic heterocycles. The van der Waals surface area contributed by atoms with Crippen molar-refractivity contribution < 1.29 is 8.42 Å². The Morgan fingerprint density at radius 2 is 1.64 bits per heavy atom. The highest BCUT2D eigenvalue weighted by Crippen LogP contribution is 2.34. The predicted octanol–water partition coefficient (Wildman–Crippen LogP) is 3.66. The number of piperidine rings is 1. The highest BCUT2D eigenvalue weighted by Gasteiger charge is 2.33. The second kappa shape index (κ2) is 6.57. The monoisotopic (exact) mass is 426 g/mol. The first-order valence-electron chi connectivity index (χ1n) is 7.28. The average Bonchev–Trinajstić information content (AvgIpc) is 3.21. The van der Waals surface area contributed by atoms with E-state index in [-0.39, 0.29) is 21.0 Å². The van der Waals surface area contributed by atoms with Gasteiger partial charge in [0.2, 0.25) is 10.0 Å². The Labute approximate surface area is 149 Å². The van der Waals surface area contributed by atoms with E-state index in [1.165, 1.54) is 25.0 Å². The van der Waals surface area contributed by atoms with Gasteiger partial charge in [-0.3, -0.25) is 0 Å². The Balaban J connectivity index is 1.71. The van der Waals surface area contributed by atoms with E-state index in [0.29, 0.717) is 4.47 Å². The van der Waals surface area contributed by atoms with E-state index in [2.05, 4.69) is 25.6 Å². The van der Waals surface area contributed by atoms with Gasteiger partial charge in [0, 0.05) is 16.6 Å². The van der Waals surface area contributed by atoms with E-state index in [1.807, 2.05) is 0 Å². The number of likely N-dealkylation sites (tertiary alicyclic amines) is 1. The summed E-state index contributed by atoms with van der Waals surface area (Å²) < 4.78 is 28.6. The summed E-state index contributed by atoms with van der Waals surface area (Å²) in [7, 11) is -3.71. The van der Waals surface area contributed by atoms with Crippen LogP contribution >= 0.6 is 39.1 Å². The number of hydrogen-bond donors (Lipinski definition) is 1. The summed E-state index contributed by atoms with van der Waals surface area (Å²) in [5, 5.41) is 0.254. The molecule has 1 saturated carbocycles. The Hall–Kier alpha value is 0.150. The molecular weight excluding hydrogens is 411 g/mol. The van der Waals surface area contributed by atoms with E-state index in [1.54, 1.807) is 0 Å². The first-order chi connectivity index (χ1) is 10.4. The van der Waals surface area contributed by atoms with Gasteiger partial charge in [-0.2, -0.15) is 0 Å². The Morgan fingerprint density at radius 3 is 2.14 bits per heavy atom. The first kappa shape index (κ1) is 17.0. The lowest BCUT2D eigenvalue weighted by Gasteiger charge is -2.32. The molecule has 1 aliphatic carbocycles. The fourth-order valence-electron chi connectivity index (χ4n) is 2.89. The summed E-state index contributed by atoms with van der Waals surface area (Å²) in [6.07, 6.45) is 4.20. The number of benzene rings is 1. The lowest BCUT2D eigenvalue weighted by molar-refractivity contribution is 0.199. The molecule has 2 fully saturated rings. The van der Waals surface area contributed by atoms with Crippen molar-refractivity contribution in [3.8, 4) is 0 Å². The van der Waals surface area contributed by atoms with Crippen molar-refractivity contribution >= 4 is 49.2 Å². The van der Waals surface area contributed by atoms with Crippen molar-refractivity contribution in [2.24, 2.45) is 0 Å². The van der Waals surface area contributed by atoms with Gasteiger partial charge in [0.15, 0.2) is 0 Å². The minimum atomic E-state index is -3.71. The van der Waals surface area contributed by atoms with Gasteiger partial charge in [0.25, 0.3) is 0 Å². The van der Waals surface area contributed by atoms with Crippen molar-refractivity contribution in [2.45, 2.75) is 42.7 Å². The molecular formula is C14H17BrCl2N2O2S. The molecule has 3 rings (SSSR count). The topological polar surface area (TPSA) is 49.4 Å². The van der Waals surface area contributed by atoms with Gasteiger partial charge in [0.1, 0.15) is 4.90 Å². The molecule has 0 radical (unpaired) electrons. The molecule has 0 atom stereocenters. The van der Waals surface area contributed by atoms with Crippen molar-refractivity contribution in [2.75, 3.05) is 13.1 Å². The Kier molecular flexibility index (Phi) is 5.07. The van der Waals surface area contributed by atoms with Crippen LogP contribution < -0.4 is 4.72 Å². The number of sulfonamides is 1. The molecule has 1 aromatic rings. The zero-order chi connectivity index (χ0) is 15.9. The second-order valence-corrected chi connectivity index (χ2v) is 9.24. The molecule has 4 nitrogen and oxygen atoms in total. The fourth-order valence-corrected chi connectivity index (χ4v) is 6.13. The molecule has 0 bridgehead atoms. The molecule has 8 heteroatoms. The fraction of sp³-hybridized carbons (Fsp3) is 0.571. The van der Waals surface area contributed by atoms with Gasteiger partial charge in [-0.05, 0) is 50.9 Å². The van der Waals surface area contributed by atoms with Crippen LogP contribution in [0.1, 0.15) is 25.7 Å². The lowest BCUT2D eigenvalue weighted by atomic mass is 10.1. The molecule has 1 aromatic carbocycles. The van der Waals surface area contributed by atoms with E-state index in [9.17, 15) is 8.42 Å². The Morgan fingerprint density at radius 1 is 1.09 bits per heavy atom. The van der Waals surface area contributed by atoms with Crippen LogP contribution in [0.15, 0.2) is 21.5 Å². The molecule has 1 aliphatic heterocycles. The van der Waals surface area contributed by atoms with Gasteiger partial charge >= 0.3 is 0 Å². The van der Waals surface area contributed by atoms with Crippen molar-refractivity contribution in [3.63, 3.8) is 0 Å². The van der Waals surface area contributed by atoms with Crippen LogP contribution in [0.2, 0.25) is 10.0 Å². The molecule has 2 aliphatic rings. The van der Waals surface area contributed by atoms with Crippen LogP contribution in [-0.2, 0) is 10.0 Å². The third kappa shape index (κ3) is 3.79. The Bertz CT molecular complexity index is 648. The highest BCUT2D eigenvalue weighted by atomic mass is 79.9. The van der Waals surface area contributed by atoms with Gasteiger partial charge in [-0.15, -0.1) is 0 Å². The maximum absolute atomic E-state index is 12.6. The molecule has 1 N–H and O–H groups in total. The van der Waals surface area contributed by atoms with Crippen LogP contribution in [0.25, 0.3) is 0 Å². The molecule has 122 valence electrons. The molecule has 0 spiro atoms. The van der Waals surface area contributed by atoms with E-state index in [0.717, 1.165) is 32.0 Å². The smallest absolute Gasteiger partial charge is 0.243 e. The average molecular weight is 428 g/mol. The molecule has 0 unspecified atom stereocenters. The molecule has 0 amide bonds. The van der Waals surface area contributed by atoms with Crippen molar-refractivity contribution in [1.29, 1.82) is 0 Å². The molecule has 1 saturated heterocycles. The summed E-state index contributed by atoms with van der Waals surface area (Å²) in [5.41, 5.74) is 0.